The molecule has 0 saturated heterocycles. The van der Waals surface area contributed by atoms with Gasteiger partial charge in [-0.1, -0.05) is 29.8 Å². The average molecular weight is 374 g/mol. The minimum Gasteiger partial charge on any atom is -0.496 e. The first-order valence-electron chi connectivity index (χ1n) is 8.34. The Bertz CT molecular complexity index is 821. The zero-order valence-corrected chi connectivity index (χ0v) is 15.1. The number of methoxy groups -OCH3 is 1. The molecule has 3 rings (SSSR count). The summed E-state index contributed by atoms with van der Waals surface area (Å²) in [6.07, 6.45) is 1.99. The number of ether oxygens (including phenoxy) is 1. The molecule has 2 aromatic carbocycles. The lowest BCUT2D eigenvalue weighted by molar-refractivity contribution is 0.0951. The lowest BCUT2D eigenvalue weighted by Gasteiger charge is -2.12. The van der Waals surface area contributed by atoms with Crippen molar-refractivity contribution in [3.05, 3.63) is 58.6 Å². The molecule has 7 heteroatoms. The molecule has 0 bridgehead atoms. The Labute approximate surface area is 156 Å². The fraction of sp³-hybridized carbons (Fsp3) is 0.263. The first kappa shape index (κ1) is 18.1. The predicted octanol–water partition coefficient (Wildman–Crippen LogP) is 3.56. The third kappa shape index (κ3) is 4.67. The number of para-hydroxylation sites is 1. The van der Waals surface area contributed by atoms with E-state index < -0.39 is 0 Å². The van der Waals surface area contributed by atoms with Gasteiger partial charge in [0.25, 0.3) is 5.91 Å². The summed E-state index contributed by atoms with van der Waals surface area (Å²) >= 11 is 6.10. The van der Waals surface area contributed by atoms with Crippen molar-refractivity contribution in [3.8, 4) is 5.75 Å². The number of benzene rings is 2. The number of hydrogen-bond donors (Lipinski definition) is 3. The maximum Gasteiger partial charge on any atom is 0.319 e. The smallest absolute Gasteiger partial charge is 0.319 e. The summed E-state index contributed by atoms with van der Waals surface area (Å²) in [6, 6.07) is 12.1. The van der Waals surface area contributed by atoms with Crippen LogP contribution in [0.4, 0.5) is 10.5 Å². The molecule has 0 atom stereocenters. The van der Waals surface area contributed by atoms with Crippen molar-refractivity contribution < 1.29 is 14.3 Å². The van der Waals surface area contributed by atoms with Crippen molar-refractivity contribution in [3.63, 3.8) is 0 Å². The van der Waals surface area contributed by atoms with Crippen molar-refractivity contribution in [2.75, 3.05) is 12.4 Å². The van der Waals surface area contributed by atoms with E-state index in [-0.39, 0.29) is 18.0 Å². The lowest BCUT2D eigenvalue weighted by Crippen LogP contribution is -2.29. The molecule has 0 aliphatic heterocycles. The van der Waals surface area contributed by atoms with Gasteiger partial charge in [0, 0.05) is 23.8 Å². The molecule has 26 heavy (non-hydrogen) atoms. The summed E-state index contributed by atoms with van der Waals surface area (Å²) in [5, 5.41) is 8.71. The third-order valence-electron chi connectivity index (χ3n) is 4.01. The topological polar surface area (TPSA) is 79.5 Å². The second kappa shape index (κ2) is 8.10. The van der Waals surface area contributed by atoms with Crippen molar-refractivity contribution in [1.29, 1.82) is 0 Å². The molecule has 1 fully saturated rings. The van der Waals surface area contributed by atoms with Crippen LogP contribution in [0.1, 0.15) is 28.8 Å². The van der Waals surface area contributed by atoms with Crippen LogP contribution in [0.3, 0.4) is 0 Å². The number of carbonyl (C=O) groups is 2. The molecular formula is C19H20ClN3O3. The zero-order chi connectivity index (χ0) is 18.5. The molecule has 0 radical (unpaired) electrons. The molecule has 0 heterocycles. The van der Waals surface area contributed by atoms with Crippen LogP contribution in [0, 0.1) is 0 Å². The highest BCUT2D eigenvalue weighted by Crippen LogP contribution is 2.24. The van der Waals surface area contributed by atoms with Gasteiger partial charge < -0.3 is 20.7 Å². The fourth-order valence-corrected chi connectivity index (χ4v) is 2.67. The molecule has 1 saturated carbocycles. The minimum absolute atomic E-state index is 0.226. The molecule has 6 nitrogen and oxygen atoms in total. The summed E-state index contributed by atoms with van der Waals surface area (Å²) in [4.78, 5) is 24.3. The number of amides is 3. The highest BCUT2D eigenvalue weighted by molar-refractivity contribution is 6.34. The van der Waals surface area contributed by atoms with Crippen LogP contribution in [0.15, 0.2) is 42.5 Å². The van der Waals surface area contributed by atoms with Crippen LogP contribution in [0.5, 0.6) is 5.75 Å². The van der Waals surface area contributed by atoms with Gasteiger partial charge in [-0.15, -0.1) is 0 Å². The quantitative estimate of drug-likeness (QED) is 0.724. The molecule has 2 aromatic rings. The minimum atomic E-state index is -0.383. The second-order valence-corrected chi connectivity index (χ2v) is 6.47. The van der Waals surface area contributed by atoms with Gasteiger partial charge in [0.05, 0.1) is 17.7 Å². The van der Waals surface area contributed by atoms with Crippen molar-refractivity contribution in [1.82, 2.24) is 10.6 Å². The molecule has 1 aliphatic carbocycles. The first-order chi connectivity index (χ1) is 12.6. The molecule has 3 amide bonds. The number of nitrogens with one attached hydrogen (secondary N) is 3. The molecule has 1 aliphatic rings. The van der Waals surface area contributed by atoms with E-state index in [4.69, 9.17) is 16.3 Å². The Morgan fingerprint density at radius 3 is 2.69 bits per heavy atom. The Hall–Kier alpha value is -2.73. The third-order valence-corrected chi connectivity index (χ3v) is 4.34. The van der Waals surface area contributed by atoms with E-state index in [1.54, 1.807) is 25.3 Å². The second-order valence-electron chi connectivity index (χ2n) is 6.06. The number of carbonyl (C=O) groups excluding carboxylic acids is 2. The van der Waals surface area contributed by atoms with E-state index in [0.29, 0.717) is 28.6 Å². The van der Waals surface area contributed by atoms with E-state index in [1.165, 1.54) is 0 Å². The van der Waals surface area contributed by atoms with Gasteiger partial charge in [-0.25, -0.2) is 4.79 Å². The zero-order valence-electron chi connectivity index (χ0n) is 14.3. The Morgan fingerprint density at radius 1 is 1.19 bits per heavy atom. The molecule has 0 unspecified atom stereocenters. The largest absolute Gasteiger partial charge is 0.496 e. The number of urea groups is 1. The monoisotopic (exact) mass is 373 g/mol. The van der Waals surface area contributed by atoms with Gasteiger partial charge in [0.1, 0.15) is 5.75 Å². The van der Waals surface area contributed by atoms with Gasteiger partial charge in [-0.05, 0) is 37.1 Å². The number of anilines is 1. The van der Waals surface area contributed by atoms with E-state index in [1.807, 2.05) is 24.3 Å². The number of halogens is 1. The normalized spacial score (nSPS) is 13.0. The highest BCUT2D eigenvalue weighted by Gasteiger charge is 2.24. The lowest BCUT2D eigenvalue weighted by atomic mass is 10.2. The molecule has 0 aromatic heterocycles. The van der Waals surface area contributed by atoms with Gasteiger partial charge in [0.15, 0.2) is 0 Å². The Morgan fingerprint density at radius 2 is 1.96 bits per heavy atom. The van der Waals surface area contributed by atoms with Crippen LogP contribution in [-0.2, 0) is 6.54 Å². The van der Waals surface area contributed by atoms with Crippen molar-refractivity contribution >= 4 is 29.2 Å². The molecular weight excluding hydrogens is 354 g/mol. The van der Waals surface area contributed by atoms with E-state index in [9.17, 15) is 9.59 Å². The van der Waals surface area contributed by atoms with Crippen LogP contribution in [-0.4, -0.2) is 25.1 Å². The summed E-state index contributed by atoms with van der Waals surface area (Å²) < 4.78 is 5.26. The Kier molecular flexibility index (Phi) is 5.63. The van der Waals surface area contributed by atoms with Crippen molar-refractivity contribution in [2.45, 2.75) is 25.4 Å². The summed E-state index contributed by atoms with van der Waals surface area (Å²) in [5.74, 6) is 0.480. The number of rotatable bonds is 6. The highest BCUT2D eigenvalue weighted by atomic mass is 35.5. The van der Waals surface area contributed by atoms with Crippen LogP contribution in [0.25, 0.3) is 0 Å². The van der Waals surface area contributed by atoms with Crippen LogP contribution < -0.4 is 20.7 Å². The van der Waals surface area contributed by atoms with Gasteiger partial charge >= 0.3 is 6.03 Å². The maximum absolute atomic E-state index is 12.2. The Balaban J connectivity index is 1.61. The van der Waals surface area contributed by atoms with E-state index >= 15 is 0 Å². The van der Waals surface area contributed by atoms with Crippen LogP contribution in [0.2, 0.25) is 5.02 Å². The van der Waals surface area contributed by atoms with Gasteiger partial charge in [-0.2, -0.15) is 0 Å². The summed E-state index contributed by atoms with van der Waals surface area (Å²) in [6.45, 7) is 0.318. The van der Waals surface area contributed by atoms with E-state index in [0.717, 1.165) is 18.4 Å². The van der Waals surface area contributed by atoms with Gasteiger partial charge in [0.2, 0.25) is 0 Å². The summed E-state index contributed by atoms with van der Waals surface area (Å²) in [7, 11) is 1.58. The first-order valence-corrected chi connectivity index (χ1v) is 8.72. The van der Waals surface area contributed by atoms with Gasteiger partial charge in [-0.3, -0.25) is 4.79 Å². The van der Waals surface area contributed by atoms with Crippen LogP contribution >= 0.6 is 11.6 Å². The standard InChI is InChI=1S/C19H20ClN3O3/c1-26-17-5-3-2-4-12(17)11-21-19(25)23-14-8-9-16(20)15(10-14)18(24)22-13-6-7-13/h2-5,8-10,13H,6-7,11H2,1H3,(H,22,24)(H2,21,23,25). The average Bonchev–Trinajstić information content (AvgIpc) is 3.45. The van der Waals surface area contributed by atoms with Crippen molar-refractivity contribution in [2.24, 2.45) is 0 Å². The fourth-order valence-electron chi connectivity index (χ4n) is 2.47. The number of hydrogen-bond acceptors (Lipinski definition) is 3. The molecule has 0 spiro atoms. The molecule has 3 N–H and O–H groups in total. The van der Waals surface area contributed by atoms with E-state index in [2.05, 4.69) is 16.0 Å². The summed E-state index contributed by atoms with van der Waals surface area (Å²) in [5.41, 5.74) is 1.71. The maximum atomic E-state index is 12.2. The SMILES string of the molecule is COc1ccccc1CNC(=O)Nc1ccc(Cl)c(C(=O)NC2CC2)c1. The predicted molar refractivity (Wildman–Crippen MR) is 101 cm³/mol. The molecule has 136 valence electrons.